The molecular weight excluding hydrogens is 419 g/mol. The van der Waals surface area contributed by atoms with Gasteiger partial charge < -0.3 is 20.1 Å². The van der Waals surface area contributed by atoms with Crippen LogP contribution in [0.5, 0.6) is 11.5 Å². The Hall–Kier alpha value is -2.61. The maximum absolute atomic E-state index is 13.1. The minimum absolute atomic E-state index is 0.164. The average Bonchev–Trinajstić information content (AvgIpc) is 2.66. The zero-order valence-corrected chi connectivity index (χ0v) is 16.6. The van der Waals surface area contributed by atoms with E-state index in [2.05, 4.69) is 26.6 Å². The normalized spacial score (nSPS) is 10.2. The molecule has 2 rings (SSSR count). The van der Waals surface area contributed by atoms with Crippen LogP contribution in [0, 0.1) is 5.82 Å². The van der Waals surface area contributed by atoms with E-state index in [1.807, 2.05) is 6.07 Å². The number of hydrogen-bond acceptors (Lipinski definition) is 4. The summed E-state index contributed by atoms with van der Waals surface area (Å²) >= 11 is 3.46. The van der Waals surface area contributed by atoms with Crippen molar-refractivity contribution in [3.8, 4) is 11.5 Å². The lowest BCUT2D eigenvalue weighted by Crippen LogP contribution is -2.37. The van der Waals surface area contributed by atoms with E-state index in [9.17, 15) is 14.0 Å². The van der Waals surface area contributed by atoms with Crippen LogP contribution in [0.1, 0.15) is 15.9 Å². The Morgan fingerprint density at radius 2 is 1.78 bits per heavy atom. The van der Waals surface area contributed by atoms with Crippen molar-refractivity contribution >= 4 is 27.7 Å². The SMILES string of the molecule is COc1cc(Br)c(CCNC(=O)CNC(=O)c2cccc(F)c2)cc1OC. The Balaban J connectivity index is 1.82. The Kier molecular flexibility index (Phi) is 7.60. The van der Waals surface area contributed by atoms with Gasteiger partial charge in [-0.2, -0.15) is 0 Å². The Morgan fingerprint density at radius 1 is 1.07 bits per heavy atom. The molecule has 27 heavy (non-hydrogen) atoms. The van der Waals surface area contributed by atoms with Crippen molar-refractivity contribution in [3.05, 3.63) is 57.8 Å². The van der Waals surface area contributed by atoms with Gasteiger partial charge in [-0.05, 0) is 42.3 Å². The fourth-order valence-electron chi connectivity index (χ4n) is 2.38. The first-order chi connectivity index (χ1) is 12.9. The molecule has 0 unspecified atom stereocenters. The van der Waals surface area contributed by atoms with E-state index in [4.69, 9.17) is 9.47 Å². The summed E-state index contributed by atoms with van der Waals surface area (Å²) < 4.78 is 24.4. The molecule has 0 bridgehead atoms. The van der Waals surface area contributed by atoms with Gasteiger partial charge in [0.2, 0.25) is 5.91 Å². The Bertz CT molecular complexity index is 829. The minimum atomic E-state index is -0.507. The van der Waals surface area contributed by atoms with Crippen molar-refractivity contribution < 1.29 is 23.5 Å². The zero-order chi connectivity index (χ0) is 19.8. The Labute approximate surface area is 165 Å². The van der Waals surface area contributed by atoms with Crippen LogP contribution in [-0.4, -0.2) is 39.1 Å². The standard InChI is InChI=1S/C19H20BrFN2O4/c1-26-16-9-12(15(20)10-17(16)27-2)6-7-22-18(24)11-23-19(25)13-4-3-5-14(21)8-13/h3-5,8-10H,6-7,11H2,1-2H3,(H,22,24)(H,23,25). The van der Waals surface area contributed by atoms with E-state index >= 15 is 0 Å². The summed E-state index contributed by atoms with van der Waals surface area (Å²) in [5.41, 5.74) is 1.11. The van der Waals surface area contributed by atoms with Gasteiger partial charge in [0.25, 0.3) is 5.91 Å². The lowest BCUT2D eigenvalue weighted by molar-refractivity contribution is -0.120. The van der Waals surface area contributed by atoms with Crippen LogP contribution in [0.15, 0.2) is 40.9 Å². The zero-order valence-electron chi connectivity index (χ0n) is 15.0. The van der Waals surface area contributed by atoms with Crippen molar-refractivity contribution in [1.29, 1.82) is 0 Å². The second-order valence-electron chi connectivity index (χ2n) is 5.59. The molecule has 0 saturated heterocycles. The van der Waals surface area contributed by atoms with Crippen molar-refractivity contribution in [3.63, 3.8) is 0 Å². The van der Waals surface area contributed by atoms with Crippen molar-refractivity contribution in [2.24, 2.45) is 0 Å². The van der Waals surface area contributed by atoms with Gasteiger partial charge in [0, 0.05) is 16.6 Å². The highest BCUT2D eigenvalue weighted by Gasteiger charge is 2.11. The summed E-state index contributed by atoms with van der Waals surface area (Å²) in [5, 5.41) is 5.18. The van der Waals surface area contributed by atoms with Crippen LogP contribution < -0.4 is 20.1 Å². The van der Waals surface area contributed by atoms with E-state index in [1.54, 1.807) is 20.3 Å². The third-order valence-corrected chi connectivity index (χ3v) is 4.50. The number of ether oxygens (including phenoxy) is 2. The number of nitrogens with one attached hydrogen (secondary N) is 2. The third kappa shape index (κ3) is 5.96. The highest BCUT2D eigenvalue weighted by atomic mass is 79.9. The fraction of sp³-hybridized carbons (Fsp3) is 0.263. The first-order valence-corrected chi connectivity index (χ1v) is 8.94. The van der Waals surface area contributed by atoms with Crippen LogP contribution in [0.3, 0.4) is 0 Å². The molecule has 0 heterocycles. The summed E-state index contributed by atoms with van der Waals surface area (Å²) in [6.07, 6.45) is 0.560. The number of rotatable bonds is 8. The molecule has 0 aliphatic rings. The van der Waals surface area contributed by atoms with Gasteiger partial charge in [-0.3, -0.25) is 9.59 Å². The lowest BCUT2D eigenvalue weighted by atomic mass is 10.1. The highest BCUT2D eigenvalue weighted by Crippen LogP contribution is 2.33. The van der Waals surface area contributed by atoms with Gasteiger partial charge >= 0.3 is 0 Å². The van der Waals surface area contributed by atoms with Crippen molar-refractivity contribution in [1.82, 2.24) is 10.6 Å². The predicted octanol–water partition coefficient (Wildman–Crippen LogP) is 2.69. The van der Waals surface area contributed by atoms with Gasteiger partial charge in [-0.1, -0.05) is 22.0 Å². The van der Waals surface area contributed by atoms with Gasteiger partial charge in [0.1, 0.15) is 5.82 Å². The summed E-state index contributed by atoms with van der Waals surface area (Å²) in [6, 6.07) is 8.91. The van der Waals surface area contributed by atoms with E-state index in [0.717, 1.165) is 16.1 Å². The molecule has 144 valence electrons. The number of hydrogen-bond donors (Lipinski definition) is 2. The van der Waals surface area contributed by atoms with Gasteiger partial charge in [0.15, 0.2) is 11.5 Å². The van der Waals surface area contributed by atoms with Gasteiger partial charge in [-0.15, -0.1) is 0 Å². The highest BCUT2D eigenvalue weighted by molar-refractivity contribution is 9.10. The van der Waals surface area contributed by atoms with Crippen LogP contribution in [-0.2, 0) is 11.2 Å². The number of carbonyl (C=O) groups excluding carboxylic acids is 2. The molecular formula is C19H20BrFN2O4. The molecule has 8 heteroatoms. The van der Waals surface area contributed by atoms with E-state index < -0.39 is 11.7 Å². The quantitative estimate of drug-likeness (QED) is 0.664. The molecule has 0 fully saturated rings. The number of methoxy groups -OCH3 is 2. The van der Waals surface area contributed by atoms with E-state index in [-0.39, 0.29) is 18.0 Å². The molecule has 0 spiro atoms. The minimum Gasteiger partial charge on any atom is -0.493 e. The maximum Gasteiger partial charge on any atom is 0.251 e. The first-order valence-electron chi connectivity index (χ1n) is 8.15. The monoisotopic (exact) mass is 438 g/mol. The maximum atomic E-state index is 13.1. The first kappa shape index (κ1) is 20.7. The van der Waals surface area contributed by atoms with Crippen LogP contribution in [0.25, 0.3) is 0 Å². The summed E-state index contributed by atoms with van der Waals surface area (Å²) in [5.74, 6) is -0.141. The fourth-order valence-corrected chi connectivity index (χ4v) is 2.90. The average molecular weight is 439 g/mol. The molecule has 2 aromatic rings. The Morgan fingerprint density at radius 3 is 2.44 bits per heavy atom. The number of halogens is 2. The van der Waals surface area contributed by atoms with Gasteiger partial charge in [0.05, 0.1) is 20.8 Å². The summed E-state index contributed by atoms with van der Waals surface area (Å²) in [6.45, 7) is 0.186. The smallest absolute Gasteiger partial charge is 0.251 e. The lowest BCUT2D eigenvalue weighted by Gasteiger charge is -2.12. The van der Waals surface area contributed by atoms with Crippen LogP contribution >= 0.6 is 15.9 Å². The largest absolute Gasteiger partial charge is 0.493 e. The molecule has 2 amide bonds. The second-order valence-corrected chi connectivity index (χ2v) is 6.45. The molecule has 0 saturated carbocycles. The molecule has 6 nitrogen and oxygen atoms in total. The van der Waals surface area contributed by atoms with Crippen LogP contribution in [0.4, 0.5) is 4.39 Å². The van der Waals surface area contributed by atoms with Crippen molar-refractivity contribution in [2.45, 2.75) is 6.42 Å². The number of amides is 2. The van der Waals surface area contributed by atoms with E-state index in [0.29, 0.717) is 24.5 Å². The molecule has 0 radical (unpaired) electrons. The summed E-state index contributed by atoms with van der Waals surface area (Å²) in [7, 11) is 3.11. The second kappa shape index (κ2) is 9.91. The third-order valence-electron chi connectivity index (χ3n) is 3.77. The molecule has 0 aromatic heterocycles. The number of benzene rings is 2. The molecule has 0 aliphatic heterocycles. The van der Waals surface area contributed by atoms with Crippen molar-refractivity contribution in [2.75, 3.05) is 27.3 Å². The van der Waals surface area contributed by atoms with Crippen LogP contribution in [0.2, 0.25) is 0 Å². The van der Waals surface area contributed by atoms with E-state index in [1.165, 1.54) is 18.2 Å². The predicted molar refractivity (Wildman–Crippen MR) is 103 cm³/mol. The molecule has 2 aromatic carbocycles. The van der Waals surface area contributed by atoms with Gasteiger partial charge in [-0.25, -0.2) is 4.39 Å². The molecule has 0 atom stereocenters. The number of carbonyl (C=O) groups is 2. The summed E-state index contributed by atoms with van der Waals surface area (Å²) in [4.78, 5) is 23.8. The molecule has 2 N–H and O–H groups in total. The topological polar surface area (TPSA) is 76.7 Å². The molecule has 0 aliphatic carbocycles.